The quantitative estimate of drug-likeness (QED) is 0.728. The molecule has 0 aliphatic heterocycles. The maximum Gasteiger partial charge on any atom is 0.0400 e. The molecule has 0 heterocycles. The van der Waals surface area contributed by atoms with Gasteiger partial charge in [0.2, 0.25) is 0 Å². The van der Waals surface area contributed by atoms with Gasteiger partial charge in [0, 0.05) is 19.1 Å². The predicted molar refractivity (Wildman–Crippen MR) is 88.5 cm³/mol. The summed E-state index contributed by atoms with van der Waals surface area (Å²) in [5.74, 6) is 0. The molecule has 2 aromatic rings. The van der Waals surface area contributed by atoms with E-state index in [1.54, 1.807) is 6.04 Å². The smallest absolute Gasteiger partial charge is 0.0400 e. The Balaban J connectivity index is 1.73. The second-order valence-electron chi connectivity index (χ2n) is 5.95. The van der Waals surface area contributed by atoms with E-state index in [9.17, 15) is 0 Å². The molecule has 0 N–H and O–H groups in total. The van der Waals surface area contributed by atoms with Gasteiger partial charge in [0.05, 0.1) is 0 Å². The van der Waals surface area contributed by atoms with Crippen molar-refractivity contribution in [2.45, 2.75) is 45.2 Å². The molecule has 1 aliphatic carbocycles. The minimum Gasteiger partial charge on any atom is -0.287 e. The third kappa shape index (κ3) is 4.18. The average molecular weight is 278 g/mol. The Labute approximate surface area is 128 Å². The molecule has 1 radical (unpaired) electrons. The molecule has 0 unspecified atom stereocenters. The first-order chi connectivity index (χ1) is 10.4. The molecule has 0 aromatic heterocycles. The lowest BCUT2D eigenvalue weighted by atomic mass is 9.93. The summed E-state index contributed by atoms with van der Waals surface area (Å²) in [6, 6.07) is 23.4. The highest BCUT2D eigenvalue weighted by atomic mass is 15.2. The zero-order valence-electron chi connectivity index (χ0n) is 12.7. The van der Waals surface area contributed by atoms with Gasteiger partial charge in [0.1, 0.15) is 0 Å². The second kappa shape index (κ2) is 7.42. The van der Waals surface area contributed by atoms with E-state index in [0.717, 1.165) is 13.1 Å². The number of rotatable bonds is 5. The van der Waals surface area contributed by atoms with Crippen molar-refractivity contribution in [3.8, 4) is 0 Å². The molecule has 0 saturated heterocycles. The van der Waals surface area contributed by atoms with Gasteiger partial charge < -0.3 is 0 Å². The molecule has 3 rings (SSSR count). The van der Waals surface area contributed by atoms with E-state index in [-0.39, 0.29) is 0 Å². The lowest BCUT2D eigenvalue weighted by Crippen LogP contribution is -2.29. The SMILES string of the molecule is c1ccc(CN(Cc2ccccc2)[C]2CCCCC2)cc1. The summed E-state index contributed by atoms with van der Waals surface area (Å²) in [4.78, 5) is 2.60. The standard InChI is InChI=1S/C20H24N/c1-4-10-18(11-5-1)16-21(20-14-8-3-9-15-20)17-19-12-6-2-7-13-19/h1-2,4-7,10-13H,3,8-9,14-17H2. The van der Waals surface area contributed by atoms with Crippen LogP contribution in [-0.4, -0.2) is 4.90 Å². The van der Waals surface area contributed by atoms with E-state index < -0.39 is 0 Å². The van der Waals surface area contributed by atoms with E-state index >= 15 is 0 Å². The number of nitrogens with zero attached hydrogens (tertiary/aromatic N) is 1. The molecule has 0 spiro atoms. The summed E-state index contributed by atoms with van der Waals surface area (Å²) < 4.78 is 0. The van der Waals surface area contributed by atoms with Crippen molar-refractivity contribution >= 4 is 0 Å². The van der Waals surface area contributed by atoms with Crippen LogP contribution in [0.3, 0.4) is 0 Å². The summed E-state index contributed by atoms with van der Waals surface area (Å²) in [7, 11) is 0. The van der Waals surface area contributed by atoms with Gasteiger partial charge in [-0.15, -0.1) is 0 Å². The van der Waals surface area contributed by atoms with E-state index in [4.69, 9.17) is 0 Å². The molecular weight excluding hydrogens is 254 g/mol. The Kier molecular flexibility index (Phi) is 5.07. The molecule has 0 atom stereocenters. The Bertz CT molecular complexity index is 473. The first-order valence-electron chi connectivity index (χ1n) is 8.09. The van der Waals surface area contributed by atoms with Crippen LogP contribution in [0.5, 0.6) is 0 Å². The molecule has 21 heavy (non-hydrogen) atoms. The first kappa shape index (κ1) is 14.3. The second-order valence-corrected chi connectivity index (χ2v) is 5.95. The minimum absolute atomic E-state index is 1.03. The normalized spacial score (nSPS) is 16.2. The zero-order valence-corrected chi connectivity index (χ0v) is 12.7. The number of hydrogen-bond acceptors (Lipinski definition) is 1. The molecule has 1 fully saturated rings. The molecule has 109 valence electrons. The Morgan fingerprint density at radius 3 is 1.57 bits per heavy atom. The van der Waals surface area contributed by atoms with Crippen LogP contribution in [0.25, 0.3) is 0 Å². The molecule has 1 saturated carbocycles. The van der Waals surface area contributed by atoms with E-state index in [0.29, 0.717) is 0 Å². The summed E-state index contributed by atoms with van der Waals surface area (Å²) in [6.07, 6.45) is 6.66. The van der Waals surface area contributed by atoms with Crippen molar-refractivity contribution in [1.29, 1.82) is 0 Å². The van der Waals surface area contributed by atoms with Crippen molar-refractivity contribution in [1.82, 2.24) is 4.90 Å². The Hall–Kier alpha value is -1.60. The molecule has 2 aromatic carbocycles. The summed E-state index contributed by atoms with van der Waals surface area (Å²) in [5, 5.41) is 0. The largest absolute Gasteiger partial charge is 0.287 e. The third-order valence-electron chi connectivity index (χ3n) is 4.31. The number of benzene rings is 2. The van der Waals surface area contributed by atoms with Crippen LogP contribution in [0.15, 0.2) is 60.7 Å². The third-order valence-corrected chi connectivity index (χ3v) is 4.31. The molecule has 0 amide bonds. The van der Waals surface area contributed by atoms with Gasteiger partial charge in [-0.3, -0.25) is 4.90 Å². The minimum atomic E-state index is 1.03. The fraction of sp³-hybridized carbons (Fsp3) is 0.350. The van der Waals surface area contributed by atoms with Crippen LogP contribution >= 0.6 is 0 Å². The van der Waals surface area contributed by atoms with Gasteiger partial charge in [-0.05, 0) is 24.0 Å². The van der Waals surface area contributed by atoms with E-state index in [1.165, 1.54) is 43.2 Å². The lowest BCUT2D eigenvalue weighted by molar-refractivity contribution is 0.222. The maximum absolute atomic E-state index is 2.60. The molecule has 1 aliphatic rings. The highest BCUT2D eigenvalue weighted by molar-refractivity contribution is 5.18. The summed E-state index contributed by atoms with van der Waals surface area (Å²) in [6.45, 7) is 2.07. The van der Waals surface area contributed by atoms with Crippen molar-refractivity contribution in [3.05, 3.63) is 77.8 Å². The van der Waals surface area contributed by atoms with Crippen molar-refractivity contribution in [2.24, 2.45) is 0 Å². The first-order valence-corrected chi connectivity index (χ1v) is 8.09. The fourth-order valence-electron chi connectivity index (χ4n) is 3.16. The van der Waals surface area contributed by atoms with Gasteiger partial charge in [-0.1, -0.05) is 79.9 Å². The molecule has 1 nitrogen and oxygen atoms in total. The van der Waals surface area contributed by atoms with Gasteiger partial charge in [-0.2, -0.15) is 0 Å². The highest BCUT2D eigenvalue weighted by Crippen LogP contribution is 2.31. The van der Waals surface area contributed by atoms with Crippen LogP contribution in [0.1, 0.15) is 43.2 Å². The predicted octanol–water partition coefficient (Wildman–Crippen LogP) is 5.18. The topological polar surface area (TPSA) is 3.24 Å². The summed E-state index contributed by atoms with van der Waals surface area (Å²) >= 11 is 0. The zero-order chi connectivity index (χ0) is 14.3. The summed E-state index contributed by atoms with van der Waals surface area (Å²) in [5.41, 5.74) is 2.82. The average Bonchev–Trinajstić information content (AvgIpc) is 2.57. The van der Waals surface area contributed by atoms with Crippen LogP contribution in [0.4, 0.5) is 0 Å². The van der Waals surface area contributed by atoms with Gasteiger partial charge >= 0.3 is 0 Å². The monoisotopic (exact) mass is 278 g/mol. The van der Waals surface area contributed by atoms with E-state index in [2.05, 4.69) is 65.6 Å². The van der Waals surface area contributed by atoms with Crippen LogP contribution in [0, 0.1) is 6.04 Å². The Morgan fingerprint density at radius 2 is 1.10 bits per heavy atom. The Morgan fingerprint density at radius 1 is 0.619 bits per heavy atom. The fourth-order valence-corrected chi connectivity index (χ4v) is 3.16. The van der Waals surface area contributed by atoms with E-state index in [1.807, 2.05) is 0 Å². The van der Waals surface area contributed by atoms with Crippen LogP contribution < -0.4 is 0 Å². The van der Waals surface area contributed by atoms with Crippen LogP contribution in [0.2, 0.25) is 0 Å². The van der Waals surface area contributed by atoms with Gasteiger partial charge in [0.15, 0.2) is 0 Å². The van der Waals surface area contributed by atoms with Gasteiger partial charge in [-0.25, -0.2) is 0 Å². The highest BCUT2D eigenvalue weighted by Gasteiger charge is 2.22. The molecule has 1 heteroatoms. The van der Waals surface area contributed by atoms with Crippen molar-refractivity contribution in [2.75, 3.05) is 0 Å². The maximum atomic E-state index is 2.60. The number of hydrogen-bond donors (Lipinski definition) is 0. The van der Waals surface area contributed by atoms with Crippen molar-refractivity contribution in [3.63, 3.8) is 0 Å². The van der Waals surface area contributed by atoms with Crippen molar-refractivity contribution < 1.29 is 0 Å². The molecular formula is C20H24N. The van der Waals surface area contributed by atoms with Crippen LogP contribution in [-0.2, 0) is 13.1 Å². The lowest BCUT2D eigenvalue weighted by Gasteiger charge is -2.33. The molecule has 0 bridgehead atoms. The van der Waals surface area contributed by atoms with Gasteiger partial charge in [0.25, 0.3) is 0 Å².